The van der Waals surface area contributed by atoms with Crippen LogP contribution in [0.3, 0.4) is 0 Å². The second-order valence-corrected chi connectivity index (χ2v) is 8.31. The van der Waals surface area contributed by atoms with E-state index in [1.54, 1.807) is 24.3 Å². The van der Waals surface area contributed by atoms with E-state index in [1.165, 1.54) is 16.7 Å². The number of thiocarbonyl (C=S) groups is 1. The fraction of sp³-hybridized carbons (Fsp3) is 0.158. The van der Waals surface area contributed by atoms with Gasteiger partial charge in [0.25, 0.3) is 5.91 Å². The van der Waals surface area contributed by atoms with Gasteiger partial charge in [0.15, 0.2) is 4.32 Å². The molecule has 1 aliphatic rings. The first-order valence-electron chi connectivity index (χ1n) is 7.85. The molecule has 1 heterocycles. The highest BCUT2D eigenvalue weighted by molar-refractivity contribution is 8.27. The van der Waals surface area contributed by atoms with Crippen molar-refractivity contribution < 1.29 is 9.53 Å². The molecule has 0 aromatic heterocycles. The van der Waals surface area contributed by atoms with Gasteiger partial charge in [-0.3, -0.25) is 9.69 Å². The van der Waals surface area contributed by atoms with Gasteiger partial charge in [-0.2, -0.15) is 0 Å². The van der Waals surface area contributed by atoms with Gasteiger partial charge in [-0.25, -0.2) is 0 Å². The molecule has 0 saturated carbocycles. The molecule has 3 rings (SSSR count). The molecule has 0 spiro atoms. The molecular weight excluding hydrogens is 409 g/mol. The Morgan fingerprint density at radius 2 is 1.88 bits per heavy atom. The van der Waals surface area contributed by atoms with E-state index in [1.807, 2.05) is 38.1 Å². The van der Waals surface area contributed by atoms with Crippen LogP contribution in [0.2, 0.25) is 10.0 Å². The molecule has 26 heavy (non-hydrogen) atoms. The van der Waals surface area contributed by atoms with Crippen LogP contribution in [0.5, 0.6) is 5.75 Å². The number of thioether (sulfide) groups is 1. The summed E-state index contributed by atoms with van der Waals surface area (Å²) in [5.74, 6) is 0.528. The first kappa shape index (κ1) is 19.2. The predicted octanol–water partition coefficient (Wildman–Crippen LogP) is 6.19. The van der Waals surface area contributed by atoms with Crippen LogP contribution in [0.15, 0.2) is 47.4 Å². The Bertz CT molecular complexity index is 912. The van der Waals surface area contributed by atoms with Crippen molar-refractivity contribution >= 4 is 69.2 Å². The molecule has 0 N–H and O–H groups in total. The molecule has 0 radical (unpaired) electrons. The summed E-state index contributed by atoms with van der Waals surface area (Å²) in [6.07, 6.45) is 1.84. The van der Waals surface area contributed by atoms with E-state index < -0.39 is 0 Å². The lowest BCUT2D eigenvalue weighted by Crippen LogP contribution is -2.27. The molecule has 7 heteroatoms. The zero-order valence-electron chi connectivity index (χ0n) is 14.0. The summed E-state index contributed by atoms with van der Waals surface area (Å²) in [6, 6.07) is 12.6. The number of ether oxygens (including phenoxy) is 1. The number of halogens is 2. The minimum Gasteiger partial charge on any atom is -0.490 e. The van der Waals surface area contributed by atoms with Crippen molar-refractivity contribution in [2.24, 2.45) is 0 Å². The molecule has 2 aromatic carbocycles. The van der Waals surface area contributed by atoms with Gasteiger partial charge in [0.05, 0.1) is 26.7 Å². The molecule has 0 aliphatic carbocycles. The van der Waals surface area contributed by atoms with E-state index in [9.17, 15) is 4.79 Å². The summed E-state index contributed by atoms with van der Waals surface area (Å²) >= 11 is 18.7. The van der Waals surface area contributed by atoms with Crippen LogP contribution < -0.4 is 9.64 Å². The average Bonchev–Trinajstić information content (AvgIpc) is 2.85. The topological polar surface area (TPSA) is 29.5 Å². The second kappa shape index (κ2) is 8.01. The maximum atomic E-state index is 12.9. The van der Waals surface area contributed by atoms with Crippen LogP contribution in [-0.4, -0.2) is 16.3 Å². The highest BCUT2D eigenvalue weighted by atomic mass is 35.5. The van der Waals surface area contributed by atoms with Crippen molar-refractivity contribution in [3.05, 3.63) is 63.0 Å². The molecule has 1 fully saturated rings. The Hall–Kier alpha value is -1.53. The lowest BCUT2D eigenvalue weighted by atomic mass is 10.1. The SMILES string of the molecule is CC(C)Oc1ccccc1/C=C1/SC(=S)N(c2ccc(Cl)c(Cl)c2)C1=O. The van der Waals surface area contributed by atoms with Gasteiger partial charge in [0, 0.05) is 5.56 Å². The molecule has 2 aromatic rings. The van der Waals surface area contributed by atoms with E-state index in [0.29, 0.717) is 25.0 Å². The number of rotatable bonds is 4. The Morgan fingerprint density at radius 3 is 2.58 bits per heavy atom. The van der Waals surface area contributed by atoms with Crippen molar-refractivity contribution in [3.63, 3.8) is 0 Å². The quantitative estimate of drug-likeness (QED) is 0.433. The normalized spacial score (nSPS) is 16.0. The van der Waals surface area contributed by atoms with Gasteiger partial charge < -0.3 is 4.74 Å². The number of amides is 1. The third-order valence-electron chi connectivity index (χ3n) is 3.52. The second-order valence-electron chi connectivity index (χ2n) is 5.82. The fourth-order valence-electron chi connectivity index (χ4n) is 2.42. The van der Waals surface area contributed by atoms with Crippen LogP contribution >= 0.6 is 47.2 Å². The Kier molecular flexibility index (Phi) is 5.92. The highest BCUT2D eigenvalue weighted by Gasteiger charge is 2.33. The maximum Gasteiger partial charge on any atom is 0.270 e. The zero-order valence-corrected chi connectivity index (χ0v) is 17.2. The van der Waals surface area contributed by atoms with Crippen LogP contribution in [0, 0.1) is 0 Å². The van der Waals surface area contributed by atoms with Gasteiger partial charge in [-0.1, -0.05) is 65.4 Å². The Balaban J connectivity index is 1.94. The van der Waals surface area contributed by atoms with Crippen LogP contribution in [0.4, 0.5) is 5.69 Å². The minimum atomic E-state index is -0.197. The Morgan fingerprint density at radius 1 is 1.15 bits per heavy atom. The van der Waals surface area contributed by atoms with E-state index in [0.717, 1.165) is 11.3 Å². The number of carbonyl (C=O) groups is 1. The van der Waals surface area contributed by atoms with Crippen molar-refractivity contribution in [1.82, 2.24) is 0 Å². The monoisotopic (exact) mass is 423 g/mol. The summed E-state index contributed by atoms with van der Waals surface area (Å²) in [7, 11) is 0. The van der Waals surface area contributed by atoms with Crippen LogP contribution in [-0.2, 0) is 4.79 Å². The van der Waals surface area contributed by atoms with Gasteiger partial charge in [0.2, 0.25) is 0 Å². The highest BCUT2D eigenvalue weighted by Crippen LogP contribution is 2.38. The molecule has 1 aliphatic heterocycles. The Labute approximate surface area is 171 Å². The van der Waals surface area contributed by atoms with E-state index in [-0.39, 0.29) is 12.0 Å². The summed E-state index contributed by atoms with van der Waals surface area (Å²) in [5, 5.41) is 0.800. The third-order valence-corrected chi connectivity index (χ3v) is 5.56. The molecule has 1 saturated heterocycles. The third kappa shape index (κ3) is 4.07. The van der Waals surface area contributed by atoms with E-state index >= 15 is 0 Å². The molecule has 134 valence electrons. The van der Waals surface area contributed by atoms with Gasteiger partial charge in [-0.15, -0.1) is 0 Å². The smallest absolute Gasteiger partial charge is 0.270 e. The summed E-state index contributed by atoms with van der Waals surface area (Å²) in [5.41, 5.74) is 1.42. The fourth-order valence-corrected chi connectivity index (χ4v) is 4.00. The minimum absolute atomic E-state index is 0.0373. The molecular formula is C19H15Cl2NO2S2. The van der Waals surface area contributed by atoms with Crippen molar-refractivity contribution in [2.75, 3.05) is 4.90 Å². The van der Waals surface area contributed by atoms with Gasteiger partial charge >= 0.3 is 0 Å². The lowest BCUT2D eigenvalue weighted by molar-refractivity contribution is -0.113. The van der Waals surface area contributed by atoms with Crippen molar-refractivity contribution in [3.8, 4) is 5.75 Å². The predicted molar refractivity (Wildman–Crippen MR) is 114 cm³/mol. The summed E-state index contributed by atoms with van der Waals surface area (Å²) in [4.78, 5) is 14.9. The molecule has 0 unspecified atom stereocenters. The summed E-state index contributed by atoms with van der Waals surface area (Å²) < 4.78 is 6.26. The summed E-state index contributed by atoms with van der Waals surface area (Å²) in [6.45, 7) is 3.92. The number of nitrogens with zero attached hydrogens (tertiary/aromatic N) is 1. The number of hydrogen-bond acceptors (Lipinski definition) is 4. The largest absolute Gasteiger partial charge is 0.490 e. The van der Waals surface area contributed by atoms with Crippen molar-refractivity contribution in [2.45, 2.75) is 20.0 Å². The van der Waals surface area contributed by atoms with E-state index in [2.05, 4.69) is 0 Å². The van der Waals surface area contributed by atoms with Crippen molar-refractivity contribution in [1.29, 1.82) is 0 Å². The maximum absolute atomic E-state index is 12.9. The number of carbonyl (C=O) groups excluding carboxylic acids is 1. The lowest BCUT2D eigenvalue weighted by Gasteiger charge is -2.15. The molecule has 0 atom stereocenters. The van der Waals surface area contributed by atoms with Crippen LogP contribution in [0.25, 0.3) is 6.08 Å². The number of anilines is 1. The van der Waals surface area contributed by atoms with E-state index in [4.69, 9.17) is 40.2 Å². The number of benzene rings is 2. The molecule has 1 amide bonds. The first-order valence-corrected chi connectivity index (χ1v) is 9.83. The zero-order chi connectivity index (χ0) is 18.8. The van der Waals surface area contributed by atoms with Gasteiger partial charge in [0.1, 0.15) is 5.75 Å². The van der Waals surface area contributed by atoms with Gasteiger partial charge in [-0.05, 0) is 44.2 Å². The molecule has 3 nitrogen and oxygen atoms in total. The van der Waals surface area contributed by atoms with Crippen LogP contribution in [0.1, 0.15) is 19.4 Å². The number of para-hydroxylation sites is 1. The average molecular weight is 424 g/mol. The number of hydrogen-bond donors (Lipinski definition) is 0. The standard InChI is InChI=1S/C19H15Cl2NO2S2/c1-11(2)24-16-6-4-3-5-12(16)9-17-18(23)22(19(25)26-17)13-7-8-14(20)15(21)10-13/h3-11H,1-2H3/b17-9+. The molecule has 0 bridgehead atoms. The first-order chi connectivity index (χ1) is 12.4.